The highest BCUT2D eigenvalue weighted by Gasteiger charge is 2.18. The fraction of sp³-hybridized carbons (Fsp3) is 0.318. The minimum atomic E-state index is 0.0476. The van der Waals surface area contributed by atoms with E-state index in [0.717, 1.165) is 38.7 Å². The molecule has 4 rings (SSSR count). The smallest absolute Gasteiger partial charge is 0.263 e. The first-order valence-electron chi connectivity index (χ1n) is 9.65. The Bertz CT molecular complexity index is 1220. The van der Waals surface area contributed by atoms with E-state index in [0.29, 0.717) is 12.3 Å². The summed E-state index contributed by atoms with van der Waals surface area (Å²) in [4.78, 5) is 24.9. The van der Waals surface area contributed by atoms with Crippen LogP contribution >= 0.6 is 23.1 Å². The fourth-order valence-corrected chi connectivity index (χ4v) is 5.53. The van der Waals surface area contributed by atoms with Crippen LogP contribution in [0.3, 0.4) is 0 Å². The van der Waals surface area contributed by atoms with Crippen LogP contribution in [0.2, 0.25) is 0 Å². The third-order valence-electron chi connectivity index (χ3n) is 5.15. The van der Waals surface area contributed by atoms with Gasteiger partial charge >= 0.3 is 0 Å². The van der Waals surface area contributed by atoms with E-state index in [-0.39, 0.29) is 5.56 Å². The van der Waals surface area contributed by atoms with Crippen LogP contribution in [0.5, 0.6) is 0 Å². The maximum Gasteiger partial charge on any atom is 0.263 e. The molecular weight excluding hydrogens is 400 g/mol. The zero-order chi connectivity index (χ0) is 20.5. The van der Waals surface area contributed by atoms with Crippen LogP contribution in [0.25, 0.3) is 10.2 Å². The van der Waals surface area contributed by atoms with Gasteiger partial charge in [-0.3, -0.25) is 9.36 Å². The highest BCUT2D eigenvalue weighted by atomic mass is 32.2. The van der Waals surface area contributed by atoms with Crippen molar-refractivity contribution in [1.82, 2.24) is 19.1 Å². The van der Waals surface area contributed by atoms with Crippen molar-refractivity contribution in [2.45, 2.75) is 44.6 Å². The molecule has 1 aromatic carbocycles. The Morgan fingerprint density at radius 1 is 1.17 bits per heavy atom. The van der Waals surface area contributed by atoms with Gasteiger partial charge in [-0.25, -0.2) is 9.97 Å². The Morgan fingerprint density at radius 3 is 2.59 bits per heavy atom. The lowest BCUT2D eigenvalue weighted by atomic mass is 10.1. The Morgan fingerprint density at radius 2 is 1.93 bits per heavy atom. The SMILES string of the molecule is CCc1sc2nc(SCc3nccn3C)n(Cc3ccc(C)cc3)c(=O)c2c1C. The van der Waals surface area contributed by atoms with Crippen molar-refractivity contribution in [3.8, 4) is 0 Å². The maximum atomic E-state index is 13.5. The van der Waals surface area contributed by atoms with Gasteiger partial charge in [0.2, 0.25) is 0 Å². The van der Waals surface area contributed by atoms with Crippen molar-refractivity contribution in [3.05, 3.63) is 74.4 Å². The first-order chi connectivity index (χ1) is 14.0. The number of thiophene rings is 1. The molecule has 0 atom stereocenters. The summed E-state index contributed by atoms with van der Waals surface area (Å²) in [6.45, 7) is 6.75. The van der Waals surface area contributed by atoms with Gasteiger partial charge in [0, 0.05) is 24.3 Å². The van der Waals surface area contributed by atoms with E-state index in [2.05, 4.69) is 43.1 Å². The number of aryl methyl sites for hydroxylation is 4. The molecule has 0 spiro atoms. The lowest BCUT2D eigenvalue weighted by Crippen LogP contribution is -2.24. The average molecular weight is 425 g/mol. The Hall–Kier alpha value is -2.38. The van der Waals surface area contributed by atoms with E-state index in [1.165, 1.54) is 10.4 Å². The molecule has 0 aliphatic heterocycles. The van der Waals surface area contributed by atoms with Crippen molar-refractivity contribution in [2.75, 3.05) is 0 Å². The molecule has 0 bridgehead atoms. The van der Waals surface area contributed by atoms with Gasteiger partial charge in [-0.2, -0.15) is 0 Å². The normalized spacial score (nSPS) is 11.4. The van der Waals surface area contributed by atoms with E-state index >= 15 is 0 Å². The van der Waals surface area contributed by atoms with Crippen LogP contribution in [-0.2, 0) is 25.8 Å². The van der Waals surface area contributed by atoms with E-state index in [4.69, 9.17) is 4.98 Å². The number of aromatic nitrogens is 4. The van der Waals surface area contributed by atoms with Gasteiger partial charge in [0.25, 0.3) is 5.56 Å². The predicted molar refractivity (Wildman–Crippen MR) is 121 cm³/mol. The van der Waals surface area contributed by atoms with Crippen LogP contribution in [0.15, 0.2) is 46.6 Å². The second kappa shape index (κ2) is 8.16. The average Bonchev–Trinajstić information content (AvgIpc) is 3.26. The van der Waals surface area contributed by atoms with Crippen molar-refractivity contribution >= 4 is 33.3 Å². The highest BCUT2D eigenvalue weighted by Crippen LogP contribution is 2.30. The molecule has 0 N–H and O–H groups in total. The molecule has 3 aromatic heterocycles. The molecular formula is C22H24N4OS2. The Kier molecular flexibility index (Phi) is 5.61. The number of nitrogens with zero attached hydrogens (tertiary/aromatic N) is 4. The molecule has 0 aliphatic carbocycles. The first kappa shape index (κ1) is 19.9. The van der Waals surface area contributed by atoms with Gasteiger partial charge in [0.1, 0.15) is 10.7 Å². The Balaban J connectivity index is 1.81. The molecule has 0 saturated heterocycles. The number of hydrogen-bond acceptors (Lipinski definition) is 5. The van der Waals surface area contributed by atoms with Crippen molar-refractivity contribution in [3.63, 3.8) is 0 Å². The van der Waals surface area contributed by atoms with Crippen molar-refractivity contribution in [1.29, 1.82) is 0 Å². The predicted octanol–water partition coefficient (Wildman–Crippen LogP) is 4.71. The fourth-order valence-electron chi connectivity index (χ4n) is 3.37. The van der Waals surface area contributed by atoms with Gasteiger partial charge in [-0.05, 0) is 31.4 Å². The number of rotatable bonds is 6. The zero-order valence-corrected chi connectivity index (χ0v) is 18.7. The summed E-state index contributed by atoms with van der Waals surface area (Å²) in [7, 11) is 1.98. The van der Waals surface area contributed by atoms with Crippen LogP contribution in [0, 0.1) is 13.8 Å². The summed E-state index contributed by atoms with van der Waals surface area (Å²) >= 11 is 3.21. The quantitative estimate of drug-likeness (QED) is 0.332. The molecule has 0 amide bonds. The molecule has 4 aromatic rings. The monoisotopic (exact) mass is 424 g/mol. The van der Waals surface area contributed by atoms with Gasteiger partial charge in [-0.15, -0.1) is 11.3 Å². The van der Waals surface area contributed by atoms with Gasteiger partial charge < -0.3 is 4.57 Å². The summed E-state index contributed by atoms with van der Waals surface area (Å²) < 4.78 is 3.82. The van der Waals surface area contributed by atoms with E-state index in [1.807, 2.05) is 29.3 Å². The molecule has 0 unspecified atom stereocenters. The van der Waals surface area contributed by atoms with Crippen LogP contribution in [0.1, 0.15) is 34.3 Å². The van der Waals surface area contributed by atoms with Gasteiger partial charge in [-0.1, -0.05) is 48.5 Å². The molecule has 0 saturated carbocycles. The molecule has 0 radical (unpaired) electrons. The van der Waals surface area contributed by atoms with Gasteiger partial charge in [0.15, 0.2) is 5.16 Å². The molecule has 150 valence electrons. The van der Waals surface area contributed by atoms with E-state index in [9.17, 15) is 4.79 Å². The topological polar surface area (TPSA) is 52.7 Å². The Labute approximate surface area is 178 Å². The minimum absolute atomic E-state index is 0.0476. The van der Waals surface area contributed by atoms with E-state index in [1.54, 1.807) is 29.3 Å². The van der Waals surface area contributed by atoms with Crippen LogP contribution in [0.4, 0.5) is 0 Å². The second-order valence-electron chi connectivity index (χ2n) is 7.20. The van der Waals surface area contributed by atoms with Crippen LogP contribution in [-0.4, -0.2) is 19.1 Å². The largest absolute Gasteiger partial charge is 0.337 e. The standard InChI is InChI=1S/C22H24N4OS2/c1-5-17-15(3)19-20(29-17)24-22(28-13-18-23-10-11-25(18)4)26(21(19)27)12-16-8-6-14(2)7-9-16/h6-11H,5,12-13H2,1-4H3. The van der Waals surface area contributed by atoms with Crippen LogP contribution < -0.4 is 5.56 Å². The lowest BCUT2D eigenvalue weighted by Gasteiger charge is -2.12. The summed E-state index contributed by atoms with van der Waals surface area (Å²) in [5.41, 5.74) is 3.43. The summed E-state index contributed by atoms with van der Waals surface area (Å²) in [5.74, 6) is 1.63. The third-order valence-corrected chi connectivity index (χ3v) is 7.45. The van der Waals surface area contributed by atoms with Crippen molar-refractivity contribution < 1.29 is 0 Å². The number of imidazole rings is 1. The second-order valence-corrected chi connectivity index (χ2v) is 9.22. The summed E-state index contributed by atoms with van der Waals surface area (Å²) in [6, 6.07) is 8.32. The summed E-state index contributed by atoms with van der Waals surface area (Å²) in [5, 5.41) is 1.51. The highest BCUT2D eigenvalue weighted by molar-refractivity contribution is 7.98. The lowest BCUT2D eigenvalue weighted by molar-refractivity contribution is 0.658. The number of thioether (sulfide) groups is 1. The molecule has 7 heteroatoms. The molecule has 5 nitrogen and oxygen atoms in total. The minimum Gasteiger partial charge on any atom is -0.337 e. The number of hydrogen-bond donors (Lipinski definition) is 0. The maximum absolute atomic E-state index is 13.5. The van der Waals surface area contributed by atoms with Gasteiger partial charge in [0.05, 0.1) is 17.7 Å². The molecule has 3 heterocycles. The third kappa shape index (κ3) is 3.89. The molecule has 0 fully saturated rings. The zero-order valence-electron chi connectivity index (χ0n) is 17.1. The van der Waals surface area contributed by atoms with Crippen molar-refractivity contribution in [2.24, 2.45) is 7.05 Å². The molecule has 0 aliphatic rings. The number of fused-ring (bicyclic) bond motifs is 1. The number of benzene rings is 1. The summed E-state index contributed by atoms with van der Waals surface area (Å²) in [6.07, 6.45) is 4.64. The first-order valence-corrected chi connectivity index (χ1v) is 11.5. The molecule has 29 heavy (non-hydrogen) atoms. The van der Waals surface area contributed by atoms with E-state index < -0.39 is 0 Å².